The van der Waals surface area contributed by atoms with Crippen molar-refractivity contribution in [2.75, 3.05) is 26.7 Å². The highest BCUT2D eigenvalue weighted by Gasteiger charge is 2.18. The van der Waals surface area contributed by atoms with Crippen LogP contribution in [0, 0.1) is 0 Å². The first kappa shape index (κ1) is 21.5. The zero-order valence-corrected chi connectivity index (χ0v) is 17.8. The topological polar surface area (TPSA) is 56.7 Å². The van der Waals surface area contributed by atoms with Gasteiger partial charge in [0.1, 0.15) is 0 Å². The Morgan fingerprint density at radius 1 is 1.24 bits per heavy atom. The summed E-state index contributed by atoms with van der Waals surface area (Å²) in [6.45, 7) is 7.84. The second-order valence-electron chi connectivity index (χ2n) is 6.99. The molecule has 1 aromatic rings. The molecule has 25 heavy (non-hydrogen) atoms. The summed E-state index contributed by atoms with van der Waals surface area (Å²) >= 11 is 0. The number of aliphatic imine (C=N–C) groups is 1. The Morgan fingerprint density at radius 3 is 2.44 bits per heavy atom. The lowest BCUT2D eigenvalue weighted by molar-refractivity contribution is -0.121. The second-order valence-corrected chi connectivity index (χ2v) is 6.99. The van der Waals surface area contributed by atoms with Crippen LogP contribution in [0.1, 0.15) is 32.8 Å². The number of halogens is 1. The quantitative estimate of drug-likeness (QED) is 0.418. The molecule has 6 heteroatoms. The molecule has 0 saturated heterocycles. The summed E-state index contributed by atoms with van der Waals surface area (Å²) in [4.78, 5) is 18.4. The molecule has 2 N–H and O–H groups in total. The molecule has 0 unspecified atom stereocenters. The molecule has 5 nitrogen and oxygen atoms in total. The van der Waals surface area contributed by atoms with Crippen LogP contribution in [0.3, 0.4) is 0 Å². The predicted octanol–water partition coefficient (Wildman–Crippen LogP) is 2.88. The van der Waals surface area contributed by atoms with Gasteiger partial charge in [-0.3, -0.25) is 9.79 Å². The van der Waals surface area contributed by atoms with Crippen LogP contribution in [0.5, 0.6) is 0 Å². The number of guanidine groups is 1. The molecule has 0 fully saturated rings. The molecular weight excluding hydrogens is 427 g/mol. The fourth-order valence-corrected chi connectivity index (χ4v) is 2.73. The normalized spacial score (nSPS) is 15.1. The van der Waals surface area contributed by atoms with Gasteiger partial charge >= 0.3 is 0 Å². The van der Waals surface area contributed by atoms with Crippen molar-refractivity contribution in [3.05, 3.63) is 42.0 Å². The maximum Gasteiger partial charge on any atom is 0.239 e. The molecule has 0 aliphatic carbocycles. The maximum atomic E-state index is 11.9. The zero-order chi connectivity index (χ0) is 17.6. The highest BCUT2D eigenvalue weighted by molar-refractivity contribution is 14.0. The molecule has 0 atom stereocenters. The molecule has 0 spiro atoms. The fourth-order valence-electron chi connectivity index (χ4n) is 2.73. The minimum absolute atomic E-state index is 0. The Morgan fingerprint density at radius 2 is 1.92 bits per heavy atom. The standard InChI is InChI=1S/C19H28N4O.HI/c1-19(2,3)22-17(24)14-21-18(20-4)23-12-10-16(11-13-23)15-8-6-5-7-9-15;/h5-10H,11-14H2,1-4H3,(H,20,21)(H,22,24);1H. The van der Waals surface area contributed by atoms with E-state index in [1.165, 1.54) is 11.1 Å². The number of benzene rings is 1. The molecule has 1 aromatic carbocycles. The Bertz CT molecular complexity index is 620. The molecule has 0 saturated carbocycles. The lowest BCUT2D eigenvalue weighted by Gasteiger charge is -2.30. The number of amides is 1. The van der Waals surface area contributed by atoms with Crippen LogP contribution in [0.25, 0.3) is 5.57 Å². The average molecular weight is 456 g/mol. The van der Waals surface area contributed by atoms with E-state index >= 15 is 0 Å². The monoisotopic (exact) mass is 456 g/mol. The van der Waals surface area contributed by atoms with E-state index in [-0.39, 0.29) is 42.0 Å². The van der Waals surface area contributed by atoms with Gasteiger partial charge in [0, 0.05) is 25.7 Å². The average Bonchev–Trinajstić information content (AvgIpc) is 2.55. The summed E-state index contributed by atoms with van der Waals surface area (Å²) in [6, 6.07) is 10.5. The van der Waals surface area contributed by atoms with E-state index in [0.29, 0.717) is 0 Å². The smallest absolute Gasteiger partial charge is 0.239 e. The Balaban J connectivity index is 0.00000312. The van der Waals surface area contributed by atoms with Crippen molar-refractivity contribution in [1.29, 1.82) is 0 Å². The van der Waals surface area contributed by atoms with Gasteiger partial charge in [-0.2, -0.15) is 0 Å². The number of carbonyl (C=O) groups excluding carboxylic acids is 1. The fraction of sp³-hybridized carbons (Fsp3) is 0.474. The van der Waals surface area contributed by atoms with E-state index in [1.807, 2.05) is 26.8 Å². The van der Waals surface area contributed by atoms with Crippen molar-refractivity contribution in [2.45, 2.75) is 32.7 Å². The van der Waals surface area contributed by atoms with Gasteiger partial charge in [0.15, 0.2) is 5.96 Å². The Kier molecular flexibility index (Phi) is 8.41. The van der Waals surface area contributed by atoms with Gasteiger partial charge in [-0.15, -0.1) is 24.0 Å². The van der Waals surface area contributed by atoms with Gasteiger partial charge in [0.25, 0.3) is 0 Å². The van der Waals surface area contributed by atoms with Crippen LogP contribution in [0.2, 0.25) is 0 Å². The zero-order valence-electron chi connectivity index (χ0n) is 15.5. The van der Waals surface area contributed by atoms with Gasteiger partial charge in [0.05, 0.1) is 6.54 Å². The van der Waals surface area contributed by atoms with Gasteiger partial charge in [-0.1, -0.05) is 36.4 Å². The Hall–Kier alpha value is -1.57. The first-order valence-corrected chi connectivity index (χ1v) is 8.40. The minimum atomic E-state index is -0.221. The number of nitrogens with zero attached hydrogens (tertiary/aromatic N) is 2. The lowest BCUT2D eigenvalue weighted by atomic mass is 10.00. The van der Waals surface area contributed by atoms with E-state index in [9.17, 15) is 4.79 Å². The molecule has 1 aliphatic heterocycles. The number of hydrogen-bond acceptors (Lipinski definition) is 2. The second kappa shape index (κ2) is 9.79. The van der Waals surface area contributed by atoms with Crippen molar-refractivity contribution < 1.29 is 4.79 Å². The van der Waals surface area contributed by atoms with E-state index in [4.69, 9.17) is 0 Å². The number of carbonyl (C=O) groups is 1. The summed E-state index contributed by atoms with van der Waals surface area (Å²) in [7, 11) is 1.75. The van der Waals surface area contributed by atoms with Crippen molar-refractivity contribution in [3.63, 3.8) is 0 Å². The SMILES string of the molecule is CN=C(NCC(=O)NC(C)(C)C)N1CC=C(c2ccccc2)CC1.I. The van der Waals surface area contributed by atoms with Crippen LogP contribution in [-0.4, -0.2) is 49.0 Å². The lowest BCUT2D eigenvalue weighted by Crippen LogP contribution is -2.49. The van der Waals surface area contributed by atoms with E-state index < -0.39 is 0 Å². The summed E-state index contributed by atoms with van der Waals surface area (Å²) < 4.78 is 0. The first-order chi connectivity index (χ1) is 11.4. The molecule has 0 aromatic heterocycles. The predicted molar refractivity (Wildman–Crippen MR) is 115 cm³/mol. The molecule has 0 radical (unpaired) electrons. The third kappa shape index (κ3) is 7.05. The van der Waals surface area contributed by atoms with E-state index in [1.54, 1.807) is 7.05 Å². The minimum Gasteiger partial charge on any atom is -0.350 e. The van der Waals surface area contributed by atoms with Crippen LogP contribution < -0.4 is 10.6 Å². The molecule has 2 rings (SSSR count). The number of rotatable bonds is 3. The van der Waals surface area contributed by atoms with Gasteiger partial charge < -0.3 is 15.5 Å². The molecule has 1 aliphatic rings. The van der Waals surface area contributed by atoms with Gasteiger partial charge in [-0.05, 0) is 38.3 Å². The summed E-state index contributed by atoms with van der Waals surface area (Å²) in [5.41, 5.74) is 2.43. The molecule has 1 amide bonds. The number of nitrogens with one attached hydrogen (secondary N) is 2. The molecule has 1 heterocycles. The molecule has 138 valence electrons. The van der Waals surface area contributed by atoms with Crippen LogP contribution >= 0.6 is 24.0 Å². The molecular formula is C19H29IN4O. The largest absolute Gasteiger partial charge is 0.350 e. The van der Waals surface area contributed by atoms with E-state index in [2.05, 4.69) is 50.9 Å². The highest BCUT2D eigenvalue weighted by Crippen LogP contribution is 2.21. The maximum absolute atomic E-state index is 11.9. The van der Waals surface area contributed by atoms with Gasteiger partial charge in [-0.25, -0.2) is 0 Å². The Labute approximate surface area is 168 Å². The summed E-state index contributed by atoms with van der Waals surface area (Å²) in [6.07, 6.45) is 3.21. The summed E-state index contributed by atoms with van der Waals surface area (Å²) in [5, 5.41) is 6.09. The molecule has 0 bridgehead atoms. The van der Waals surface area contributed by atoms with Crippen LogP contribution in [-0.2, 0) is 4.79 Å². The van der Waals surface area contributed by atoms with Crippen LogP contribution in [0.15, 0.2) is 41.4 Å². The van der Waals surface area contributed by atoms with Gasteiger partial charge in [0.2, 0.25) is 5.91 Å². The van der Waals surface area contributed by atoms with E-state index in [0.717, 1.165) is 25.5 Å². The summed E-state index contributed by atoms with van der Waals surface area (Å²) in [5.74, 6) is 0.739. The third-order valence-electron chi connectivity index (χ3n) is 3.79. The third-order valence-corrected chi connectivity index (χ3v) is 3.79. The number of hydrogen-bond donors (Lipinski definition) is 2. The van der Waals surface area contributed by atoms with Crippen LogP contribution in [0.4, 0.5) is 0 Å². The first-order valence-electron chi connectivity index (χ1n) is 8.40. The highest BCUT2D eigenvalue weighted by atomic mass is 127. The van der Waals surface area contributed by atoms with Crippen molar-refractivity contribution >= 4 is 41.4 Å². The van der Waals surface area contributed by atoms with Crippen molar-refractivity contribution in [3.8, 4) is 0 Å². The van der Waals surface area contributed by atoms with Crippen molar-refractivity contribution in [2.24, 2.45) is 4.99 Å². The van der Waals surface area contributed by atoms with Crippen molar-refractivity contribution in [1.82, 2.24) is 15.5 Å².